The van der Waals surface area contributed by atoms with Crippen molar-refractivity contribution in [1.82, 2.24) is 4.98 Å². The smallest absolute Gasteiger partial charge is 0.337 e. The lowest BCUT2D eigenvalue weighted by Gasteiger charge is -2.09. The van der Waals surface area contributed by atoms with Crippen LogP contribution in [0.5, 0.6) is 0 Å². The summed E-state index contributed by atoms with van der Waals surface area (Å²) in [5, 5.41) is 14.4. The monoisotopic (exact) mass is 382 g/mol. The van der Waals surface area contributed by atoms with Gasteiger partial charge in [-0.15, -0.1) is 0 Å². The molecule has 0 saturated heterocycles. The Bertz CT molecular complexity index is 1010. The number of aromatic nitrogens is 1. The van der Waals surface area contributed by atoms with Gasteiger partial charge in [-0.05, 0) is 42.0 Å². The number of rotatable bonds is 5. The van der Waals surface area contributed by atoms with Crippen LogP contribution in [0.25, 0.3) is 11.1 Å². The summed E-state index contributed by atoms with van der Waals surface area (Å²) < 4.78 is 12.9. The molecule has 0 aliphatic heterocycles. The van der Waals surface area contributed by atoms with Crippen molar-refractivity contribution in [3.8, 4) is 11.1 Å². The zero-order chi connectivity index (χ0) is 20.3. The maximum absolute atomic E-state index is 12.9. The van der Waals surface area contributed by atoms with Gasteiger partial charge in [0.2, 0.25) is 0 Å². The first-order valence-electron chi connectivity index (χ1n) is 8.03. The molecule has 28 heavy (non-hydrogen) atoms. The number of carboxylic acid groups (broad SMARTS) is 1. The van der Waals surface area contributed by atoms with E-state index in [2.05, 4.69) is 15.6 Å². The minimum atomic E-state index is -1.21. The zero-order valence-corrected chi connectivity index (χ0v) is 14.3. The summed E-state index contributed by atoms with van der Waals surface area (Å²) in [5.41, 5.74) is 6.63. The molecule has 2 aromatic carbocycles. The number of hydrogen-bond acceptors (Lipinski definition) is 3. The number of primary amides is 1. The number of amides is 3. The zero-order valence-electron chi connectivity index (χ0n) is 14.3. The van der Waals surface area contributed by atoms with Gasteiger partial charge in [0.15, 0.2) is 0 Å². The van der Waals surface area contributed by atoms with E-state index < -0.39 is 23.7 Å². The van der Waals surface area contributed by atoms with Gasteiger partial charge in [0.05, 0.1) is 5.56 Å². The lowest BCUT2D eigenvalue weighted by atomic mass is 10.0. The van der Waals surface area contributed by atoms with Crippen LogP contribution in [0.15, 0.2) is 54.7 Å². The first-order valence-corrected chi connectivity index (χ1v) is 8.03. The standard InChI is InChI=1S/C19H15FN4O4/c20-11-3-7-13(8-4-11)24-19(28)23-12-5-1-10(2-6-12)15-14(18(26)27)9-22-16(15)17(21)25/h1-9,22H,(H2,21,25)(H,26,27)(H2,23,24,28). The molecule has 3 aromatic rings. The highest BCUT2D eigenvalue weighted by molar-refractivity contribution is 6.06. The molecule has 0 aliphatic rings. The Morgan fingerprint density at radius 3 is 1.96 bits per heavy atom. The predicted molar refractivity (Wildman–Crippen MR) is 101 cm³/mol. The summed E-state index contributed by atoms with van der Waals surface area (Å²) in [6.45, 7) is 0. The van der Waals surface area contributed by atoms with Crippen LogP contribution in [-0.2, 0) is 0 Å². The maximum Gasteiger partial charge on any atom is 0.337 e. The molecule has 0 spiro atoms. The maximum atomic E-state index is 12.9. The second-order valence-electron chi connectivity index (χ2n) is 5.79. The molecule has 0 fully saturated rings. The number of anilines is 2. The van der Waals surface area contributed by atoms with Gasteiger partial charge in [-0.2, -0.15) is 0 Å². The van der Waals surface area contributed by atoms with E-state index in [-0.39, 0.29) is 16.8 Å². The molecular weight excluding hydrogens is 367 g/mol. The van der Waals surface area contributed by atoms with Crippen LogP contribution in [0.1, 0.15) is 20.8 Å². The largest absolute Gasteiger partial charge is 0.478 e. The molecule has 0 unspecified atom stereocenters. The van der Waals surface area contributed by atoms with E-state index in [1.807, 2.05) is 0 Å². The number of benzene rings is 2. The fraction of sp³-hybridized carbons (Fsp3) is 0. The number of nitrogens with two attached hydrogens (primary N) is 1. The number of halogens is 1. The van der Waals surface area contributed by atoms with Gasteiger partial charge in [0.25, 0.3) is 5.91 Å². The molecule has 0 radical (unpaired) electrons. The third-order valence-corrected chi connectivity index (χ3v) is 3.89. The summed E-state index contributed by atoms with van der Waals surface area (Å²) in [7, 11) is 0. The average Bonchev–Trinajstić information content (AvgIpc) is 3.10. The molecule has 3 rings (SSSR count). The molecule has 3 amide bonds. The lowest BCUT2D eigenvalue weighted by molar-refractivity contribution is 0.0697. The number of nitrogens with one attached hydrogen (secondary N) is 3. The SMILES string of the molecule is NC(=O)c1[nH]cc(C(=O)O)c1-c1ccc(NC(=O)Nc2ccc(F)cc2)cc1. The second kappa shape index (κ2) is 7.62. The number of H-pyrrole nitrogens is 1. The molecule has 1 aromatic heterocycles. The van der Waals surface area contributed by atoms with Crippen molar-refractivity contribution in [2.24, 2.45) is 5.73 Å². The van der Waals surface area contributed by atoms with Gasteiger partial charge in [0, 0.05) is 23.1 Å². The van der Waals surface area contributed by atoms with Crippen LogP contribution >= 0.6 is 0 Å². The molecule has 0 atom stereocenters. The number of hydrogen-bond donors (Lipinski definition) is 5. The Morgan fingerprint density at radius 2 is 1.46 bits per heavy atom. The van der Waals surface area contributed by atoms with Gasteiger partial charge < -0.3 is 26.5 Å². The van der Waals surface area contributed by atoms with Gasteiger partial charge in [-0.3, -0.25) is 4.79 Å². The average molecular weight is 382 g/mol. The van der Waals surface area contributed by atoms with Gasteiger partial charge in [-0.25, -0.2) is 14.0 Å². The van der Waals surface area contributed by atoms with Gasteiger partial charge >= 0.3 is 12.0 Å². The van der Waals surface area contributed by atoms with E-state index in [1.54, 1.807) is 24.3 Å². The second-order valence-corrected chi connectivity index (χ2v) is 5.79. The number of aromatic carboxylic acids is 1. The van der Waals surface area contributed by atoms with Gasteiger partial charge in [0.1, 0.15) is 11.5 Å². The van der Waals surface area contributed by atoms with E-state index in [4.69, 9.17) is 5.73 Å². The predicted octanol–water partition coefficient (Wildman–Crippen LogP) is 3.26. The van der Waals surface area contributed by atoms with Crippen molar-refractivity contribution < 1.29 is 23.9 Å². The summed E-state index contributed by atoms with van der Waals surface area (Å²) in [4.78, 5) is 37.5. The third kappa shape index (κ3) is 3.98. The molecule has 8 nitrogen and oxygen atoms in total. The number of aromatic amines is 1. The van der Waals surface area contributed by atoms with Crippen LogP contribution in [0.3, 0.4) is 0 Å². The minimum Gasteiger partial charge on any atom is -0.478 e. The van der Waals surface area contributed by atoms with Crippen LogP contribution in [-0.4, -0.2) is 28.0 Å². The minimum absolute atomic E-state index is 0.0211. The van der Waals surface area contributed by atoms with Crippen molar-refractivity contribution in [2.75, 3.05) is 10.6 Å². The number of carbonyl (C=O) groups excluding carboxylic acids is 2. The fourth-order valence-electron chi connectivity index (χ4n) is 2.63. The molecule has 6 N–H and O–H groups in total. The molecule has 142 valence electrons. The summed E-state index contributed by atoms with van der Waals surface area (Å²) >= 11 is 0. The van der Waals surface area contributed by atoms with E-state index >= 15 is 0 Å². The van der Waals surface area contributed by atoms with Crippen LogP contribution in [0, 0.1) is 5.82 Å². The van der Waals surface area contributed by atoms with Crippen molar-refractivity contribution in [3.63, 3.8) is 0 Å². The molecular formula is C19H15FN4O4. The molecule has 1 heterocycles. The summed E-state index contributed by atoms with van der Waals surface area (Å²) in [6, 6.07) is 10.9. The summed E-state index contributed by atoms with van der Waals surface area (Å²) in [6.07, 6.45) is 1.19. The molecule has 0 aliphatic carbocycles. The van der Waals surface area contributed by atoms with Crippen molar-refractivity contribution in [3.05, 3.63) is 71.8 Å². The van der Waals surface area contributed by atoms with E-state index in [0.29, 0.717) is 16.9 Å². The third-order valence-electron chi connectivity index (χ3n) is 3.89. The number of urea groups is 1. The normalized spacial score (nSPS) is 10.3. The quantitative estimate of drug-likeness (QED) is 0.462. The first-order chi connectivity index (χ1) is 13.3. The van der Waals surface area contributed by atoms with Crippen LogP contribution in [0.2, 0.25) is 0 Å². The summed E-state index contributed by atoms with van der Waals surface area (Å²) in [5.74, 6) is -2.41. The number of carbonyl (C=O) groups is 3. The number of carboxylic acids is 1. The Balaban J connectivity index is 1.78. The Morgan fingerprint density at radius 1 is 0.929 bits per heavy atom. The molecule has 0 saturated carbocycles. The fourth-order valence-corrected chi connectivity index (χ4v) is 2.63. The lowest BCUT2D eigenvalue weighted by Crippen LogP contribution is -2.19. The van der Waals surface area contributed by atoms with Crippen molar-refractivity contribution >= 4 is 29.3 Å². The van der Waals surface area contributed by atoms with E-state index in [9.17, 15) is 23.9 Å². The molecule has 9 heteroatoms. The Kier molecular flexibility index (Phi) is 5.07. The van der Waals surface area contributed by atoms with Crippen molar-refractivity contribution in [2.45, 2.75) is 0 Å². The highest BCUT2D eigenvalue weighted by Gasteiger charge is 2.21. The highest BCUT2D eigenvalue weighted by atomic mass is 19.1. The topological polar surface area (TPSA) is 137 Å². The highest BCUT2D eigenvalue weighted by Crippen LogP contribution is 2.29. The van der Waals surface area contributed by atoms with Crippen LogP contribution < -0.4 is 16.4 Å². The van der Waals surface area contributed by atoms with Gasteiger partial charge in [-0.1, -0.05) is 12.1 Å². The van der Waals surface area contributed by atoms with E-state index in [1.165, 1.54) is 30.5 Å². The Hall–Kier alpha value is -4.14. The first kappa shape index (κ1) is 18.6. The van der Waals surface area contributed by atoms with E-state index in [0.717, 1.165) is 0 Å². The molecule has 0 bridgehead atoms. The van der Waals surface area contributed by atoms with Crippen molar-refractivity contribution in [1.29, 1.82) is 0 Å². The Labute approximate surface area is 158 Å². The van der Waals surface area contributed by atoms with Crippen LogP contribution in [0.4, 0.5) is 20.6 Å².